The van der Waals surface area contributed by atoms with Crippen LogP contribution in [0.15, 0.2) is 42.7 Å². The van der Waals surface area contributed by atoms with Crippen LogP contribution in [0.5, 0.6) is 0 Å². The van der Waals surface area contributed by atoms with Crippen molar-refractivity contribution < 1.29 is 4.79 Å². The molecule has 150 valence electrons. The van der Waals surface area contributed by atoms with Gasteiger partial charge in [0.1, 0.15) is 5.69 Å². The fourth-order valence-electron chi connectivity index (χ4n) is 3.28. The van der Waals surface area contributed by atoms with Crippen molar-refractivity contribution in [3.8, 4) is 5.69 Å². The number of benzene rings is 1. The number of aromatic nitrogens is 5. The first kappa shape index (κ1) is 18.9. The summed E-state index contributed by atoms with van der Waals surface area (Å²) in [6.07, 6.45) is 6.65. The Kier molecular flexibility index (Phi) is 5.37. The molecule has 1 fully saturated rings. The van der Waals surface area contributed by atoms with Crippen LogP contribution in [0.3, 0.4) is 0 Å². The van der Waals surface area contributed by atoms with Gasteiger partial charge in [-0.3, -0.25) is 4.79 Å². The van der Waals surface area contributed by atoms with Crippen LogP contribution in [0.25, 0.3) is 5.69 Å². The molecule has 3 heterocycles. The van der Waals surface area contributed by atoms with Gasteiger partial charge in [-0.2, -0.15) is 14.9 Å². The molecule has 1 amide bonds. The molecule has 0 spiro atoms. The third-order valence-electron chi connectivity index (χ3n) is 4.78. The van der Waals surface area contributed by atoms with Gasteiger partial charge in [0.15, 0.2) is 11.5 Å². The molecule has 0 atom stereocenters. The van der Waals surface area contributed by atoms with Gasteiger partial charge < -0.3 is 15.1 Å². The van der Waals surface area contributed by atoms with Crippen LogP contribution in [0, 0.1) is 0 Å². The first-order chi connectivity index (χ1) is 14.1. The molecule has 29 heavy (non-hydrogen) atoms. The van der Waals surface area contributed by atoms with Crippen molar-refractivity contribution in [3.63, 3.8) is 0 Å². The molecule has 4 rings (SSSR count). The third-order valence-corrected chi connectivity index (χ3v) is 4.78. The molecule has 3 aromatic rings. The summed E-state index contributed by atoms with van der Waals surface area (Å²) >= 11 is 0. The zero-order valence-corrected chi connectivity index (χ0v) is 16.6. The maximum absolute atomic E-state index is 12.7. The Labute approximate surface area is 169 Å². The molecule has 1 saturated heterocycles. The quantitative estimate of drug-likeness (QED) is 0.713. The second-order valence-corrected chi connectivity index (χ2v) is 7.16. The van der Waals surface area contributed by atoms with Gasteiger partial charge in [0, 0.05) is 27.2 Å². The summed E-state index contributed by atoms with van der Waals surface area (Å²) in [5.74, 6) is 0.996. The zero-order valence-electron chi connectivity index (χ0n) is 16.6. The molecule has 0 unspecified atom stereocenters. The van der Waals surface area contributed by atoms with Gasteiger partial charge in [0.2, 0.25) is 5.95 Å². The first-order valence-corrected chi connectivity index (χ1v) is 9.70. The van der Waals surface area contributed by atoms with Crippen LogP contribution in [0.4, 0.5) is 17.5 Å². The smallest absolute Gasteiger partial charge is 0.278 e. The highest BCUT2D eigenvalue weighted by Crippen LogP contribution is 2.25. The third kappa shape index (κ3) is 4.18. The van der Waals surface area contributed by atoms with Gasteiger partial charge in [-0.1, -0.05) is 18.2 Å². The lowest BCUT2D eigenvalue weighted by molar-refractivity contribution is 0.102. The van der Waals surface area contributed by atoms with Gasteiger partial charge in [-0.15, -0.1) is 5.10 Å². The monoisotopic (exact) mass is 392 g/mol. The van der Waals surface area contributed by atoms with E-state index in [-0.39, 0.29) is 11.6 Å². The van der Waals surface area contributed by atoms with Crippen LogP contribution >= 0.6 is 0 Å². The molecule has 9 nitrogen and oxygen atoms in total. The predicted octanol–water partition coefficient (Wildman–Crippen LogP) is 2.37. The lowest BCUT2D eigenvalue weighted by Crippen LogP contribution is -2.31. The van der Waals surface area contributed by atoms with Crippen molar-refractivity contribution in [3.05, 3.63) is 48.4 Å². The minimum atomic E-state index is -0.357. The Morgan fingerprint density at radius 3 is 2.55 bits per heavy atom. The van der Waals surface area contributed by atoms with Crippen LogP contribution in [-0.4, -0.2) is 58.1 Å². The number of para-hydroxylation sites is 1. The molecule has 1 aliphatic rings. The Morgan fingerprint density at radius 1 is 1.07 bits per heavy atom. The average Bonchev–Trinajstić information content (AvgIpc) is 3.26. The zero-order chi connectivity index (χ0) is 20.2. The highest BCUT2D eigenvalue weighted by Gasteiger charge is 2.19. The fourth-order valence-corrected chi connectivity index (χ4v) is 3.28. The second-order valence-electron chi connectivity index (χ2n) is 7.16. The Bertz CT molecular complexity index is 979. The first-order valence-electron chi connectivity index (χ1n) is 9.70. The molecular formula is C20H24N8O. The van der Waals surface area contributed by atoms with Crippen molar-refractivity contribution in [1.82, 2.24) is 25.0 Å². The normalized spacial score (nSPS) is 13.9. The molecule has 0 bridgehead atoms. The Hall–Kier alpha value is -3.49. The van der Waals surface area contributed by atoms with E-state index >= 15 is 0 Å². The van der Waals surface area contributed by atoms with Gasteiger partial charge in [0.05, 0.1) is 18.1 Å². The summed E-state index contributed by atoms with van der Waals surface area (Å²) in [4.78, 5) is 27.3. The van der Waals surface area contributed by atoms with Crippen molar-refractivity contribution >= 4 is 23.4 Å². The number of carbonyl (C=O) groups excluding carboxylic acids is 1. The van der Waals surface area contributed by atoms with Gasteiger partial charge >= 0.3 is 0 Å². The van der Waals surface area contributed by atoms with Crippen LogP contribution in [0.1, 0.15) is 29.8 Å². The maximum atomic E-state index is 12.7. The minimum Gasteiger partial charge on any atom is -0.361 e. The van der Waals surface area contributed by atoms with E-state index in [1.165, 1.54) is 17.4 Å². The number of rotatable bonds is 5. The Morgan fingerprint density at radius 2 is 1.83 bits per heavy atom. The van der Waals surface area contributed by atoms with E-state index in [1.807, 2.05) is 49.3 Å². The summed E-state index contributed by atoms with van der Waals surface area (Å²) in [5, 5.41) is 11.3. The largest absolute Gasteiger partial charge is 0.361 e. The molecule has 0 aliphatic carbocycles. The van der Waals surface area contributed by atoms with Crippen LogP contribution in [-0.2, 0) is 0 Å². The Balaban J connectivity index is 1.54. The predicted molar refractivity (Wildman–Crippen MR) is 112 cm³/mol. The number of nitrogens with one attached hydrogen (secondary N) is 1. The summed E-state index contributed by atoms with van der Waals surface area (Å²) in [6.45, 7) is 1.92. The minimum absolute atomic E-state index is 0.221. The number of anilines is 3. The van der Waals surface area contributed by atoms with Crippen LogP contribution in [0.2, 0.25) is 0 Å². The molecule has 1 aliphatic heterocycles. The lowest BCUT2D eigenvalue weighted by Gasteiger charge is -2.28. The molecule has 2 aromatic heterocycles. The van der Waals surface area contributed by atoms with Crippen molar-refractivity contribution in [2.75, 3.05) is 42.3 Å². The summed E-state index contributed by atoms with van der Waals surface area (Å²) in [5.41, 5.74) is 1.54. The van der Waals surface area contributed by atoms with E-state index < -0.39 is 0 Å². The average molecular weight is 392 g/mol. The van der Waals surface area contributed by atoms with Gasteiger partial charge in [0.25, 0.3) is 5.91 Å². The summed E-state index contributed by atoms with van der Waals surface area (Å²) < 4.78 is 0. The van der Waals surface area contributed by atoms with E-state index in [9.17, 15) is 4.79 Å². The van der Waals surface area contributed by atoms with E-state index in [1.54, 1.807) is 6.20 Å². The molecule has 0 radical (unpaired) electrons. The second kappa shape index (κ2) is 8.26. The molecule has 0 saturated carbocycles. The topological polar surface area (TPSA) is 92.1 Å². The number of nitrogens with zero attached hydrogens (tertiary/aromatic N) is 7. The molecular weight excluding hydrogens is 368 g/mol. The SMILES string of the molecule is CN(C)c1nc(N2CCCCC2)ncc1NC(=O)c1cnn(-c2ccccc2)n1. The highest BCUT2D eigenvalue weighted by atomic mass is 16.2. The number of carbonyl (C=O) groups is 1. The van der Waals surface area contributed by atoms with Crippen molar-refractivity contribution in [2.45, 2.75) is 19.3 Å². The number of hydrogen-bond donors (Lipinski definition) is 1. The molecule has 1 aromatic carbocycles. The van der Waals surface area contributed by atoms with E-state index in [4.69, 9.17) is 0 Å². The number of amides is 1. The summed E-state index contributed by atoms with van der Waals surface area (Å²) in [7, 11) is 3.79. The summed E-state index contributed by atoms with van der Waals surface area (Å²) in [6, 6.07) is 9.45. The van der Waals surface area contributed by atoms with Gasteiger partial charge in [-0.05, 0) is 31.4 Å². The lowest BCUT2D eigenvalue weighted by atomic mass is 10.1. The standard InChI is InChI=1S/C20H24N8O/c1-26(2)18-16(13-21-20(24-18)27-11-7-4-8-12-27)23-19(29)17-14-22-28(25-17)15-9-5-3-6-10-15/h3,5-6,9-10,13-14H,4,7-8,11-12H2,1-2H3,(H,23,29). The number of piperidine rings is 1. The van der Waals surface area contributed by atoms with Crippen molar-refractivity contribution in [2.24, 2.45) is 0 Å². The fraction of sp³-hybridized carbons (Fsp3) is 0.350. The van der Waals surface area contributed by atoms with Crippen LogP contribution < -0.4 is 15.1 Å². The molecule has 9 heteroatoms. The van der Waals surface area contributed by atoms with E-state index in [2.05, 4.69) is 30.4 Å². The van der Waals surface area contributed by atoms with E-state index in [0.717, 1.165) is 31.6 Å². The van der Waals surface area contributed by atoms with Crippen molar-refractivity contribution in [1.29, 1.82) is 0 Å². The maximum Gasteiger partial charge on any atom is 0.278 e. The van der Waals surface area contributed by atoms with E-state index in [0.29, 0.717) is 17.5 Å². The number of hydrogen-bond acceptors (Lipinski definition) is 7. The molecule has 1 N–H and O–H groups in total. The highest BCUT2D eigenvalue weighted by molar-refractivity contribution is 6.04. The van der Waals surface area contributed by atoms with Gasteiger partial charge in [-0.25, -0.2) is 4.98 Å².